The van der Waals surface area contributed by atoms with E-state index in [0.29, 0.717) is 12.5 Å². The smallest absolute Gasteiger partial charge is 0.327 e. The number of nitrogens with two attached hydrogens (primary N) is 1. The summed E-state index contributed by atoms with van der Waals surface area (Å²) in [6.07, 6.45) is 3.53. The minimum atomic E-state index is -0.632. The first-order valence-electron chi connectivity index (χ1n) is 6.71. The molecule has 0 aromatic carbocycles. The van der Waals surface area contributed by atoms with Gasteiger partial charge in [0.05, 0.1) is 10.9 Å². The molecule has 2 aromatic heterocycles. The molecular formula is C13H15N5O3. The third-order valence-electron chi connectivity index (χ3n) is 3.58. The van der Waals surface area contributed by atoms with Crippen molar-refractivity contribution in [1.29, 1.82) is 0 Å². The zero-order valence-corrected chi connectivity index (χ0v) is 11.2. The number of carbonyl (C=O) groups is 1. The van der Waals surface area contributed by atoms with Crippen LogP contribution in [-0.4, -0.2) is 33.4 Å². The van der Waals surface area contributed by atoms with Crippen molar-refractivity contribution < 1.29 is 4.79 Å². The van der Waals surface area contributed by atoms with Gasteiger partial charge in [-0.1, -0.05) is 0 Å². The van der Waals surface area contributed by atoms with E-state index in [0.717, 1.165) is 12.8 Å². The molecule has 2 heterocycles. The Morgan fingerprint density at radius 2 is 2.19 bits per heavy atom. The van der Waals surface area contributed by atoms with Crippen LogP contribution in [0.15, 0.2) is 21.9 Å². The highest BCUT2D eigenvalue weighted by atomic mass is 16.2. The lowest BCUT2D eigenvalue weighted by Crippen LogP contribution is -2.38. The number of hydrogen-bond acceptors (Lipinski definition) is 5. The molecule has 0 aliphatic heterocycles. The predicted octanol–water partition coefficient (Wildman–Crippen LogP) is -0.922. The van der Waals surface area contributed by atoms with Crippen LogP contribution < -0.4 is 22.3 Å². The Kier molecular flexibility index (Phi) is 3.30. The number of rotatable bonds is 4. The largest absolute Gasteiger partial charge is 0.350 e. The molecule has 0 radical (unpaired) electrons. The Morgan fingerprint density at radius 1 is 1.43 bits per heavy atom. The lowest BCUT2D eigenvalue weighted by molar-refractivity contribution is 0.0950. The summed E-state index contributed by atoms with van der Waals surface area (Å²) in [4.78, 5) is 43.2. The molecular weight excluding hydrogens is 274 g/mol. The summed E-state index contributed by atoms with van der Waals surface area (Å²) in [5.74, 6) is 0.152. The Hall–Kier alpha value is -2.48. The van der Waals surface area contributed by atoms with Crippen LogP contribution >= 0.6 is 0 Å². The highest BCUT2D eigenvalue weighted by Crippen LogP contribution is 2.31. The summed E-state index contributed by atoms with van der Waals surface area (Å²) in [5.41, 5.74) is 5.10. The van der Waals surface area contributed by atoms with Crippen molar-refractivity contribution in [2.45, 2.75) is 18.9 Å². The Balaban J connectivity index is 1.81. The van der Waals surface area contributed by atoms with Crippen LogP contribution in [0.25, 0.3) is 11.0 Å². The number of carbonyl (C=O) groups excluding carboxylic acids is 1. The molecule has 8 heteroatoms. The lowest BCUT2D eigenvalue weighted by atomic mass is 10.2. The molecule has 0 spiro atoms. The van der Waals surface area contributed by atoms with Gasteiger partial charge in [-0.25, -0.2) is 9.78 Å². The van der Waals surface area contributed by atoms with Crippen molar-refractivity contribution in [2.75, 3.05) is 6.54 Å². The van der Waals surface area contributed by atoms with E-state index in [-0.39, 0.29) is 28.5 Å². The maximum Gasteiger partial charge on any atom is 0.327 e. The summed E-state index contributed by atoms with van der Waals surface area (Å²) in [5, 5.41) is 2.89. The van der Waals surface area contributed by atoms with Gasteiger partial charge in [0.15, 0.2) is 0 Å². The number of pyridine rings is 1. The standard InChI is InChI=1S/C13H15N5O3/c14-9(6-1-2-6)5-16-11(19)7-3-8-10(15-4-7)17-13(21)18-12(8)20/h3-4,6,9H,1-2,5,14H2,(H,16,19)(H2,15,17,18,20,21). The van der Waals surface area contributed by atoms with Crippen molar-refractivity contribution in [2.24, 2.45) is 11.7 Å². The summed E-state index contributed by atoms with van der Waals surface area (Å²) in [6.45, 7) is 0.392. The molecule has 3 rings (SSSR count). The second-order valence-corrected chi connectivity index (χ2v) is 5.24. The number of hydrogen-bond donors (Lipinski definition) is 4. The minimum absolute atomic E-state index is 0.0397. The molecule has 1 atom stereocenters. The number of H-pyrrole nitrogens is 2. The van der Waals surface area contributed by atoms with Gasteiger partial charge >= 0.3 is 5.69 Å². The average Bonchev–Trinajstić information content (AvgIpc) is 3.28. The Morgan fingerprint density at radius 3 is 2.90 bits per heavy atom. The molecule has 8 nitrogen and oxygen atoms in total. The molecule has 110 valence electrons. The zero-order valence-electron chi connectivity index (χ0n) is 11.2. The highest BCUT2D eigenvalue weighted by Gasteiger charge is 2.28. The summed E-state index contributed by atoms with van der Waals surface area (Å²) in [7, 11) is 0. The minimum Gasteiger partial charge on any atom is -0.350 e. The van der Waals surface area contributed by atoms with Gasteiger partial charge in [-0.3, -0.25) is 19.6 Å². The first kappa shape index (κ1) is 13.5. The normalized spacial score (nSPS) is 15.9. The van der Waals surface area contributed by atoms with Gasteiger partial charge in [0, 0.05) is 18.8 Å². The number of aromatic amines is 2. The molecule has 1 aliphatic rings. The fourth-order valence-corrected chi connectivity index (χ4v) is 2.17. The molecule has 1 saturated carbocycles. The summed E-state index contributed by atoms with van der Waals surface area (Å²) in [6, 6.07) is 1.36. The maximum absolute atomic E-state index is 12.0. The second-order valence-electron chi connectivity index (χ2n) is 5.24. The molecule has 0 saturated heterocycles. The maximum atomic E-state index is 12.0. The topological polar surface area (TPSA) is 134 Å². The third-order valence-corrected chi connectivity index (χ3v) is 3.58. The van der Waals surface area contributed by atoms with Crippen LogP contribution in [-0.2, 0) is 0 Å². The number of amides is 1. The highest BCUT2D eigenvalue weighted by molar-refractivity contribution is 5.96. The van der Waals surface area contributed by atoms with E-state index < -0.39 is 11.2 Å². The van der Waals surface area contributed by atoms with Gasteiger partial charge in [-0.2, -0.15) is 0 Å². The van der Waals surface area contributed by atoms with Gasteiger partial charge in [0.2, 0.25) is 0 Å². The van der Waals surface area contributed by atoms with E-state index in [2.05, 4.69) is 20.3 Å². The van der Waals surface area contributed by atoms with Crippen molar-refractivity contribution in [3.8, 4) is 0 Å². The first-order valence-corrected chi connectivity index (χ1v) is 6.71. The van der Waals surface area contributed by atoms with E-state index >= 15 is 0 Å². The van der Waals surface area contributed by atoms with E-state index in [4.69, 9.17) is 5.73 Å². The van der Waals surface area contributed by atoms with Crippen molar-refractivity contribution in [1.82, 2.24) is 20.3 Å². The van der Waals surface area contributed by atoms with E-state index in [1.165, 1.54) is 12.3 Å². The summed E-state index contributed by atoms with van der Waals surface area (Å²) < 4.78 is 0. The van der Waals surface area contributed by atoms with Crippen LogP contribution in [0.4, 0.5) is 0 Å². The van der Waals surface area contributed by atoms with Gasteiger partial charge in [0.25, 0.3) is 11.5 Å². The quantitative estimate of drug-likeness (QED) is 0.577. The van der Waals surface area contributed by atoms with Gasteiger partial charge in [-0.05, 0) is 24.8 Å². The molecule has 0 bridgehead atoms. The number of nitrogens with one attached hydrogen (secondary N) is 3. The average molecular weight is 289 g/mol. The molecule has 1 fully saturated rings. The molecule has 1 unspecified atom stereocenters. The molecule has 1 amide bonds. The SMILES string of the molecule is NC(CNC(=O)c1cnc2[nH]c(=O)[nH]c(=O)c2c1)C1CC1. The third kappa shape index (κ3) is 2.84. The van der Waals surface area contributed by atoms with Crippen LogP contribution in [0, 0.1) is 5.92 Å². The van der Waals surface area contributed by atoms with E-state index in [1.54, 1.807) is 0 Å². The number of fused-ring (bicyclic) bond motifs is 1. The van der Waals surface area contributed by atoms with Crippen LogP contribution in [0.3, 0.4) is 0 Å². The van der Waals surface area contributed by atoms with Crippen molar-refractivity contribution >= 4 is 16.9 Å². The molecule has 21 heavy (non-hydrogen) atoms. The van der Waals surface area contributed by atoms with E-state index in [1.807, 2.05) is 0 Å². The van der Waals surface area contributed by atoms with Crippen LogP contribution in [0.1, 0.15) is 23.2 Å². The van der Waals surface area contributed by atoms with Gasteiger partial charge in [-0.15, -0.1) is 0 Å². The number of nitrogens with zero attached hydrogens (tertiary/aromatic N) is 1. The second kappa shape index (κ2) is 5.13. The molecule has 5 N–H and O–H groups in total. The Labute approximate surface area is 118 Å². The predicted molar refractivity (Wildman–Crippen MR) is 76.0 cm³/mol. The fourth-order valence-electron chi connectivity index (χ4n) is 2.17. The number of aromatic nitrogens is 3. The fraction of sp³-hybridized carbons (Fsp3) is 0.385. The lowest BCUT2D eigenvalue weighted by Gasteiger charge is -2.11. The van der Waals surface area contributed by atoms with Crippen LogP contribution in [0.2, 0.25) is 0 Å². The van der Waals surface area contributed by atoms with Gasteiger partial charge in [0.1, 0.15) is 5.65 Å². The monoisotopic (exact) mass is 289 g/mol. The Bertz CT molecular complexity index is 805. The van der Waals surface area contributed by atoms with E-state index in [9.17, 15) is 14.4 Å². The zero-order chi connectivity index (χ0) is 15.0. The summed E-state index contributed by atoms with van der Waals surface area (Å²) >= 11 is 0. The van der Waals surface area contributed by atoms with Crippen molar-refractivity contribution in [3.63, 3.8) is 0 Å². The van der Waals surface area contributed by atoms with Crippen molar-refractivity contribution in [3.05, 3.63) is 38.7 Å². The molecule has 1 aliphatic carbocycles. The van der Waals surface area contributed by atoms with Crippen LogP contribution in [0.5, 0.6) is 0 Å². The molecule has 2 aromatic rings. The van der Waals surface area contributed by atoms with Gasteiger partial charge < -0.3 is 11.1 Å². The first-order chi connectivity index (χ1) is 10.0.